The van der Waals surface area contributed by atoms with Crippen LogP contribution >= 0.6 is 11.3 Å². The Balaban J connectivity index is 1.85. The molecule has 0 aliphatic heterocycles. The van der Waals surface area contributed by atoms with E-state index in [1.54, 1.807) is 32.1 Å². The summed E-state index contributed by atoms with van der Waals surface area (Å²) >= 11 is 1.60. The number of nitrogens with zero attached hydrogens (tertiary/aromatic N) is 4. The second-order valence-corrected chi connectivity index (χ2v) is 10.2. The zero-order valence-electron chi connectivity index (χ0n) is 20.5. The molecule has 0 fully saturated rings. The van der Waals surface area contributed by atoms with Crippen LogP contribution in [0.3, 0.4) is 0 Å². The lowest BCUT2D eigenvalue weighted by Crippen LogP contribution is -2.24. The Bertz CT molecular complexity index is 1170. The zero-order valence-corrected chi connectivity index (χ0v) is 21.3. The molecule has 8 heteroatoms. The normalized spacial score (nSPS) is 13.2. The predicted molar refractivity (Wildman–Crippen MR) is 136 cm³/mol. The van der Waals surface area contributed by atoms with Gasteiger partial charge in [0.25, 0.3) is 0 Å². The van der Waals surface area contributed by atoms with Gasteiger partial charge in [0.1, 0.15) is 17.1 Å². The number of aromatic nitrogens is 3. The number of fused-ring (bicyclic) bond motifs is 1. The van der Waals surface area contributed by atoms with Gasteiger partial charge in [-0.15, -0.1) is 11.3 Å². The van der Waals surface area contributed by atoms with E-state index in [0.29, 0.717) is 6.54 Å². The number of hydrogen-bond acceptors (Lipinski definition) is 4. The van der Waals surface area contributed by atoms with E-state index < -0.39 is 11.7 Å². The molecule has 0 bridgehead atoms. The van der Waals surface area contributed by atoms with Gasteiger partial charge in [-0.3, -0.25) is 0 Å². The molecule has 0 aliphatic rings. The first-order valence-electron chi connectivity index (χ1n) is 11.5. The van der Waals surface area contributed by atoms with Crippen LogP contribution in [0.2, 0.25) is 0 Å². The lowest BCUT2D eigenvalue weighted by molar-refractivity contribution is 0.0604. The fraction of sp³-hybridized carbons (Fsp3) is 0.480. The van der Waals surface area contributed by atoms with Crippen molar-refractivity contribution < 1.29 is 9.53 Å². The fourth-order valence-corrected chi connectivity index (χ4v) is 4.73. The highest BCUT2D eigenvalue weighted by atomic mass is 32.1. The fourth-order valence-electron chi connectivity index (χ4n) is 3.86. The summed E-state index contributed by atoms with van der Waals surface area (Å²) in [4.78, 5) is 17.0. The minimum absolute atomic E-state index is 0.165. The topological polar surface area (TPSA) is 86.9 Å². The van der Waals surface area contributed by atoms with Gasteiger partial charge in [-0.05, 0) is 59.1 Å². The first kappa shape index (κ1) is 24.8. The summed E-state index contributed by atoms with van der Waals surface area (Å²) in [5, 5.41) is 6.53. The summed E-state index contributed by atoms with van der Waals surface area (Å²) in [6, 6.07) is 4.03. The Morgan fingerprint density at radius 3 is 2.76 bits per heavy atom. The largest absolute Gasteiger partial charge is 0.442 e. The summed E-state index contributed by atoms with van der Waals surface area (Å²) in [5.74, 6) is 0.165. The van der Waals surface area contributed by atoms with Crippen molar-refractivity contribution in [1.29, 1.82) is 0 Å². The first-order chi connectivity index (χ1) is 15.6. The number of carbonyl (C=O) groups excluding carboxylic acids is 1. The number of aliphatic imine (C=N–C) groups is 1. The molecule has 0 saturated carbocycles. The Hall–Kier alpha value is -2.87. The van der Waals surface area contributed by atoms with Crippen LogP contribution in [0.5, 0.6) is 0 Å². The number of nitrogens with two attached hydrogens (primary N) is 1. The first-order valence-corrected chi connectivity index (χ1v) is 12.4. The Labute approximate surface area is 200 Å². The van der Waals surface area contributed by atoms with Crippen molar-refractivity contribution in [3.05, 3.63) is 51.6 Å². The number of amides is 1. The third-order valence-corrected chi connectivity index (χ3v) is 6.35. The van der Waals surface area contributed by atoms with Gasteiger partial charge in [-0.1, -0.05) is 25.8 Å². The summed E-state index contributed by atoms with van der Waals surface area (Å²) in [7, 11) is 0. The van der Waals surface area contributed by atoms with Gasteiger partial charge in [0, 0.05) is 27.6 Å². The molecule has 33 heavy (non-hydrogen) atoms. The van der Waals surface area contributed by atoms with Crippen molar-refractivity contribution in [2.45, 2.75) is 79.4 Å². The third-order valence-electron chi connectivity index (χ3n) is 5.43. The average Bonchev–Trinajstić information content (AvgIpc) is 3.43. The van der Waals surface area contributed by atoms with Crippen LogP contribution in [0.1, 0.15) is 82.1 Å². The lowest BCUT2D eigenvalue weighted by Gasteiger charge is -2.17. The number of unbranched alkanes of at least 4 members (excludes halogenated alkanes) is 2. The van der Waals surface area contributed by atoms with E-state index in [0.717, 1.165) is 22.5 Å². The summed E-state index contributed by atoms with van der Waals surface area (Å²) in [5.41, 5.74) is 10.9. The SMILES string of the molecule is CC=C(CCCCC)c1c(C)n(Cc2cc(C(N)=NC(=O)OC(C)(C)C)cs2)c2ccnn12. The molecule has 0 saturated heterocycles. The smallest absolute Gasteiger partial charge is 0.436 e. The van der Waals surface area contributed by atoms with Crippen LogP contribution in [0.25, 0.3) is 11.2 Å². The van der Waals surface area contributed by atoms with Gasteiger partial charge in [-0.2, -0.15) is 10.1 Å². The maximum absolute atomic E-state index is 12.0. The molecule has 0 aromatic carbocycles. The van der Waals surface area contributed by atoms with E-state index in [9.17, 15) is 4.79 Å². The average molecular weight is 470 g/mol. The summed E-state index contributed by atoms with van der Waals surface area (Å²) < 4.78 is 9.56. The van der Waals surface area contributed by atoms with E-state index >= 15 is 0 Å². The zero-order chi connectivity index (χ0) is 24.2. The monoisotopic (exact) mass is 469 g/mol. The van der Waals surface area contributed by atoms with Gasteiger partial charge < -0.3 is 15.0 Å². The minimum Gasteiger partial charge on any atom is -0.442 e. The van der Waals surface area contributed by atoms with E-state index in [-0.39, 0.29) is 5.84 Å². The van der Waals surface area contributed by atoms with Gasteiger partial charge in [-0.25, -0.2) is 9.31 Å². The third kappa shape index (κ3) is 5.93. The van der Waals surface area contributed by atoms with E-state index in [1.165, 1.54) is 36.2 Å². The molecule has 2 N–H and O–H groups in total. The molecule has 0 radical (unpaired) electrons. The number of ether oxygens (including phenoxy) is 1. The minimum atomic E-state index is -0.679. The molecule has 0 unspecified atom stereocenters. The van der Waals surface area contributed by atoms with Gasteiger partial charge >= 0.3 is 6.09 Å². The molecule has 3 aromatic heterocycles. The highest BCUT2D eigenvalue weighted by Gasteiger charge is 2.19. The Morgan fingerprint density at radius 2 is 2.09 bits per heavy atom. The van der Waals surface area contributed by atoms with Gasteiger partial charge in [0.05, 0.1) is 18.4 Å². The molecule has 7 nitrogen and oxygen atoms in total. The number of imidazole rings is 1. The number of hydrogen-bond donors (Lipinski definition) is 1. The molecule has 3 heterocycles. The van der Waals surface area contributed by atoms with Gasteiger partial charge in [0.15, 0.2) is 0 Å². The van der Waals surface area contributed by atoms with Crippen LogP contribution < -0.4 is 5.73 Å². The van der Waals surface area contributed by atoms with Crippen LogP contribution in [-0.2, 0) is 11.3 Å². The Kier molecular flexibility index (Phi) is 7.79. The Morgan fingerprint density at radius 1 is 1.33 bits per heavy atom. The second kappa shape index (κ2) is 10.4. The molecule has 178 valence electrons. The molecule has 0 aliphatic carbocycles. The standard InChI is InChI=1S/C25H35N5O2S/c1-7-9-10-11-18(8-2)22-17(3)29(21-12-13-27-30(21)22)15-20-14-19(16-33-20)23(26)28-24(31)32-25(4,5)6/h8,12-14,16H,7,9-11,15H2,1-6H3,(H2,26,28,31). The second-order valence-electron chi connectivity index (χ2n) is 9.17. The van der Waals surface area contributed by atoms with Crippen molar-refractivity contribution >= 4 is 34.5 Å². The van der Waals surface area contributed by atoms with Gasteiger partial charge in [0.2, 0.25) is 0 Å². The van der Waals surface area contributed by atoms with Crippen LogP contribution in [0.4, 0.5) is 4.79 Å². The maximum atomic E-state index is 12.0. The molecule has 3 rings (SSSR count). The number of thiophene rings is 1. The molecule has 3 aromatic rings. The highest BCUT2D eigenvalue weighted by Crippen LogP contribution is 2.29. The number of amidine groups is 1. The van der Waals surface area contributed by atoms with Crippen molar-refractivity contribution in [2.24, 2.45) is 10.7 Å². The number of rotatable bonds is 8. The van der Waals surface area contributed by atoms with Crippen molar-refractivity contribution in [2.75, 3.05) is 0 Å². The molecule has 0 atom stereocenters. The summed E-state index contributed by atoms with van der Waals surface area (Å²) in [6.07, 6.45) is 8.03. The highest BCUT2D eigenvalue weighted by molar-refractivity contribution is 7.10. The number of allylic oxidation sites excluding steroid dienone is 2. The molecule has 0 spiro atoms. The van der Waals surface area contributed by atoms with E-state index in [1.807, 2.05) is 28.2 Å². The van der Waals surface area contributed by atoms with E-state index in [4.69, 9.17) is 10.5 Å². The summed E-state index contributed by atoms with van der Waals surface area (Å²) in [6.45, 7) is 12.6. The van der Waals surface area contributed by atoms with Crippen molar-refractivity contribution in [3.8, 4) is 0 Å². The van der Waals surface area contributed by atoms with E-state index in [2.05, 4.69) is 41.5 Å². The van der Waals surface area contributed by atoms with Crippen LogP contribution in [-0.4, -0.2) is 31.7 Å². The predicted octanol–water partition coefficient (Wildman–Crippen LogP) is 6.18. The van der Waals surface area contributed by atoms with Crippen LogP contribution in [0.15, 0.2) is 34.8 Å². The molecular formula is C25H35N5O2S. The molecular weight excluding hydrogens is 434 g/mol. The van der Waals surface area contributed by atoms with Crippen molar-refractivity contribution in [3.63, 3.8) is 0 Å². The number of carbonyl (C=O) groups is 1. The van der Waals surface area contributed by atoms with Crippen molar-refractivity contribution in [1.82, 2.24) is 14.2 Å². The quantitative estimate of drug-likeness (QED) is 0.242. The maximum Gasteiger partial charge on any atom is 0.436 e. The molecule has 1 amide bonds. The van der Waals surface area contributed by atoms with Crippen LogP contribution in [0, 0.1) is 6.92 Å². The lowest BCUT2D eigenvalue weighted by atomic mass is 10.0.